The molecular formula is C26H32Cl4N4O4S. The van der Waals surface area contributed by atoms with Gasteiger partial charge in [-0.3, -0.25) is 4.79 Å². The number of nitrogens with two attached hydrogens (primary N) is 1. The maximum absolute atomic E-state index is 13.6. The number of hydrogen-bond donors (Lipinski definition) is 2. The van der Waals surface area contributed by atoms with Gasteiger partial charge in [-0.05, 0) is 69.5 Å². The first-order valence-corrected chi connectivity index (χ1v) is 14.3. The second-order valence-corrected chi connectivity index (χ2v) is 11.7. The van der Waals surface area contributed by atoms with Crippen molar-refractivity contribution in [3.8, 4) is 5.75 Å². The van der Waals surface area contributed by atoms with Gasteiger partial charge >= 0.3 is 0 Å². The monoisotopic (exact) mass is 636 g/mol. The molecule has 3 aromatic rings. The number of rotatable bonds is 9. The Morgan fingerprint density at radius 3 is 2.67 bits per heavy atom. The van der Waals surface area contributed by atoms with Gasteiger partial charge in [0.25, 0.3) is 0 Å². The summed E-state index contributed by atoms with van der Waals surface area (Å²) in [4.78, 5) is 17.2. The van der Waals surface area contributed by atoms with Gasteiger partial charge in [0, 0.05) is 34.8 Å². The highest BCUT2D eigenvalue weighted by Gasteiger charge is 2.40. The molecule has 0 radical (unpaired) electrons. The highest BCUT2D eigenvalue weighted by atomic mass is 35.5. The molecule has 13 heteroatoms. The maximum atomic E-state index is 13.6. The topological polar surface area (TPSA) is 115 Å². The van der Waals surface area contributed by atoms with E-state index in [1.54, 1.807) is 6.07 Å². The number of halogens is 4. The summed E-state index contributed by atoms with van der Waals surface area (Å²) in [5.41, 5.74) is 8.47. The van der Waals surface area contributed by atoms with Crippen LogP contribution in [0.3, 0.4) is 0 Å². The molecule has 1 atom stereocenters. The molecule has 3 N–H and O–H groups in total. The van der Waals surface area contributed by atoms with E-state index in [9.17, 15) is 13.2 Å². The van der Waals surface area contributed by atoms with Crippen molar-refractivity contribution in [1.82, 2.24) is 14.6 Å². The van der Waals surface area contributed by atoms with E-state index in [1.165, 1.54) is 16.4 Å². The van der Waals surface area contributed by atoms with Crippen LogP contribution in [0.25, 0.3) is 10.9 Å². The molecule has 1 aliphatic heterocycles. The van der Waals surface area contributed by atoms with Crippen molar-refractivity contribution < 1.29 is 17.9 Å². The van der Waals surface area contributed by atoms with Gasteiger partial charge < -0.3 is 15.8 Å². The third-order valence-corrected chi connectivity index (χ3v) is 9.28. The zero-order valence-electron chi connectivity index (χ0n) is 21.6. The molecule has 4 rings (SSSR count). The minimum absolute atomic E-state index is 0. The second-order valence-electron chi connectivity index (χ2n) is 9.07. The fraction of sp³-hybridized carbons (Fsp3) is 0.385. The van der Waals surface area contributed by atoms with Crippen molar-refractivity contribution in [3.05, 3.63) is 63.3 Å². The van der Waals surface area contributed by atoms with Crippen LogP contribution in [0.2, 0.25) is 10.0 Å². The van der Waals surface area contributed by atoms with Crippen molar-refractivity contribution in [2.24, 2.45) is 5.73 Å². The first-order valence-electron chi connectivity index (χ1n) is 12.1. The van der Waals surface area contributed by atoms with Crippen molar-refractivity contribution in [1.29, 1.82) is 0 Å². The zero-order valence-corrected chi connectivity index (χ0v) is 25.5. The fourth-order valence-corrected chi connectivity index (χ4v) is 7.10. The number of ether oxygens (including phenoxy) is 1. The standard InChI is InChI=1S/C26H30Cl2N4O4S.2ClH/c1-16-14-17(2)31-25-18(16)6-3-8-22(25)36-15-19-20(27)9-10-23(24(19)28)37(34,35)32-13-4-7-21(32)26(33)30-12-5-11-29;;/h3,6,8-10,14,21H,4-5,7,11-13,15,29H2,1-2H3,(H,30,33);2*1H/t21-;;/m0../s1. The van der Waals surface area contributed by atoms with Gasteiger partial charge in [0.2, 0.25) is 15.9 Å². The van der Waals surface area contributed by atoms with E-state index in [1.807, 2.05) is 32.0 Å². The van der Waals surface area contributed by atoms with E-state index in [-0.39, 0.29) is 58.8 Å². The number of aromatic nitrogens is 1. The highest BCUT2D eigenvalue weighted by molar-refractivity contribution is 7.89. The van der Waals surface area contributed by atoms with E-state index in [0.717, 1.165) is 16.6 Å². The number of nitrogens with one attached hydrogen (secondary N) is 1. The average Bonchev–Trinajstić information content (AvgIpc) is 3.35. The molecule has 0 bridgehead atoms. The molecule has 1 amide bonds. The SMILES string of the molecule is Cc1cc(C)c2cccc(OCc3c(Cl)ccc(S(=O)(=O)N4CCC[C@H]4C(=O)NCCCN)c3Cl)c2n1.Cl.Cl. The summed E-state index contributed by atoms with van der Waals surface area (Å²) >= 11 is 13.1. The number of hydrogen-bond acceptors (Lipinski definition) is 6. The molecule has 0 aliphatic carbocycles. The van der Waals surface area contributed by atoms with Crippen molar-refractivity contribution in [2.75, 3.05) is 19.6 Å². The summed E-state index contributed by atoms with van der Waals surface area (Å²) in [6.07, 6.45) is 1.62. The molecule has 0 spiro atoms. The largest absolute Gasteiger partial charge is 0.487 e. The van der Waals surface area contributed by atoms with Crippen LogP contribution in [0, 0.1) is 13.8 Å². The lowest BCUT2D eigenvalue weighted by molar-refractivity contribution is -0.124. The number of pyridine rings is 1. The van der Waals surface area contributed by atoms with E-state index < -0.39 is 16.1 Å². The smallest absolute Gasteiger partial charge is 0.245 e. The molecule has 8 nitrogen and oxygen atoms in total. The number of benzene rings is 2. The number of sulfonamides is 1. The lowest BCUT2D eigenvalue weighted by Gasteiger charge is -2.24. The Kier molecular flexibility index (Phi) is 12.1. The molecule has 0 unspecified atom stereocenters. The van der Waals surface area contributed by atoms with Crippen LogP contribution < -0.4 is 15.8 Å². The van der Waals surface area contributed by atoms with Crippen molar-refractivity contribution in [3.63, 3.8) is 0 Å². The molecule has 214 valence electrons. The number of fused-ring (bicyclic) bond motifs is 1. The van der Waals surface area contributed by atoms with Crippen LogP contribution in [-0.4, -0.2) is 49.3 Å². The summed E-state index contributed by atoms with van der Waals surface area (Å²) in [7, 11) is -4.07. The summed E-state index contributed by atoms with van der Waals surface area (Å²) in [5.74, 6) is 0.204. The summed E-state index contributed by atoms with van der Waals surface area (Å²) in [6.45, 7) is 4.92. The zero-order chi connectivity index (χ0) is 26.7. The van der Waals surface area contributed by atoms with Crippen LogP contribution in [-0.2, 0) is 21.4 Å². The Bertz CT molecular complexity index is 1440. The van der Waals surface area contributed by atoms with Crippen LogP contribution in [0.15, 0.2) is 41.3 Å². The third-order valence-electron chi connectivity index (χ3n) is 6.43. The molecule has 1 saturated heterocycles. The molecule has 39 heavy (non-hydrogen) atoms. The molecule has 1 aromatic heterocycles. The Balaban J connectivity index is 0.00000267. The Morgan fingerprint density at radius 2 is 1.95 bits per heavy atom. The Labute approximate surface area is 251 Å². The molecule has 2 heterocycles. The van der Waals surface area contributed by atoms with Gasteiger partial charge in [-0.1, -0.05) is 35.3 Å². The molecular weight excluding hydrogens is 606 g/mol. The number of para-hydroxylation sites is 1. The number of aryl methyl sites for hydroxylation is 2. The minimum Gasteiger partial charge on any atom is -0.487 e. The van der Waals surface area contributed by atoms with Crippen molar-refractivity contribution in [2.45, 2.75) is 50.7 Å². The summed E-state index contributed by atoms with van der Waals surface area (Å²) in [5, 5.41) is 3.98. The van der Waals surface area contributed by atoms with Gasteiger partial charge in [-0.15, -0.1) is 24.8 Å². The lowest BCUT2D eigenvalue weighted by atomic mass is 10.1. The predicted molar refractivity (Wildman–Crippen MR) is 160 cm³/mol. The van der Waals surface area contributed by atoms with Crippen LogP contribution >= 0.6 is 48.0 Å². The van der Waals surface area contributed by atoms with Crippen LogP contribution in [0.1, 0.15) is 36.1 Å². The van der Waals surface area contributed by atoms with E-state index >= 15 is 0 Å². The fourth-order valence-electron chi connectivity index (χ4n) is 4.58. The number of carbonyl (C=O) groups excluding carboxylic acids is 1. The normalized spacial score (nSPS) is 15.5. The number of nitrogens with zero attached hydrogens (tertiary/aromatic N) is 2. The second kappa shape index (κ2) is 14.2. The van der Waals surface area contributed by atoms with Crippen LogP contribution in [0.4, 0.5) is 0 Å². The van der Waals surface area contributed by atoms with Gasteiger partial charge in [-0.25, -0.2) is 13.4 Å². The molecule has 2 aromatic carbocycles. The van der Waals surface area contributed by atoms with Crippen LogP contribution in [0.5, 0.6) is 5.75 Å². The van der Waals surface area contributed by atoms with Gasteiger partial charge in [0.15, 0.2) is 0 Å². The Hall–Kier alpha value is -1.85. The molecule has 1 aliphatic rings. The summed E-state index contributed by atoms with van der Waals surface area (Å²) in [6, 6.07) is 9.70. The van der Waals surface area contributed by atoms with E-state index in [0.29, 0.717) is 49.2 Å². The quantitative estimate of drug-likeness (QED) is 0.312. The molecule has 1 fully saturated rings. The number of amides is 1. The maximum Gasteiger partial charge on any atom is 0.245 e. The average molecular weight is 638 g/mol. The minimum atomic E-state index is -4.07. The predicted octanol–water partition coefficient (Wildman–Crippen LogP) is 5.20. The highest BCUT2D eigenvalue weighted by Crippen LogP contribution is 2.36. The Morgan fingerprint density at radius 1 is 1.21 bits per heavy atom. The van der Waals surface area contributed by atoms with E-state index in [4.69, 9.17) is 33.7 Å². The first-order chi connectivity index (χ1) is 17.6. The van der Waals surface area contributed by atoms with Gasteiger partial charge in [-0.2, -0.15) is 4.31 Å². The molecule has 0 saturated carbocycles. The van der Waals surface area contributed by atoms with Crippen molar-refractivity contribution >= 4 is 74.8 Å². The summed E-state index contributed by atoms with van der Waals surface area (Å²) < 4.78 is 34.6. The number of carbonyl (C=O) groups is 1. The first kappa shape index (κ1) is 33.4. The van der Waals surface area contributed by atoms with Gasteiger partial charge in [0.05, 0.1) is 5.02 Å². The lowest BCUT2D eigenvalue weighted by Crippen LogP contribution is -2.46. The van der Waals surface area contributed by atoms with E-state index in [2.05, 4.69) is 10.3 Å². The third kappa shape index (κ3) is 7.08. The van der Waals surface area contributed by atoms with Gasteiger partial charge in [0.1, 0.15) is 28.8 Å².